The average molecular weight is 336 g/mol. The van der Waals surface area contributed by atoms with Crippen LogP contribution in [0.5, 0.6) is 5.75 Å². The molecular formula is C16H20N2O4S. The molecule has 23 heavy (non-hydrogen) atoms. The van der Waals surface area contributed by atoms with Gasteiger partial charge in [0.05, 0.1) is 24.1 Å². The Morgan fingerprint density at radius 2 is 2.22 bits per heavy atom. The minimum absolute atomic E-state index is 0.0579. The highest BCUT2D eigenvalue weighted by molar-refractivity contribution is 7.91. The van der Waals surface area contributed by atoms with Gasteiger partial charge in [-0.1, -0.05) is 6.07 Å². The zero-order valence-corrected chi connectivity index (χ0v) is 13.8. The van der Waals surface area contributed by atoms with Gasteiger partial charge < -0.3 is 14.6 Å². The summed E-state index contributed by atoms with van der Waals surface area (Å²) in [6.45, 7) is 0.544. The molecule has 7 heteroatoms. The van der Waals surface area contributed by atoms with E-state index < -0.39 is 9.84 Å². The third-order valence-electron chi connectivity index (χ3n) is 4.17. The molecule has 2 heterocycles. The van der Waals surface area contributed by atoms with E-state index in [0.29, 0.717) is 19.4 Å². The third kappa shape index (κ3) is 3.50. The van der Waals surface area contributed by atoms with Gasteiger partial charge in [-0.05, 0) is 24.6 Å². The van der Waals surface area contributed by atoms with Crippen molar-refractivity contribution in [1.82, 2.24) is 9.88 Å². The van der Waals surface area contributed by atoms with Crippen molar-refractivity contribution < 1.29 is 17.9 Å². The summed E-state index contributed by atoms with van der Waals surface area (Å²) in [5.74, 6) is 0.918. The summed E-state index contributed by atoms with van der Waals surface area (Å²) in [6, 6.07) is 7.53. The zero-order chi connectivity index (χ0) is 16.4. The first-order chi connectivity index (χ1) is 11.0. The molecule has 1 aromatic carbocycles. The van der Waals surface area contributed by atoms with Gasteiger partial charge in [0, 0.05) is 30.6 Å². The SMILES string of the molecule is COc1cccc2c1ccn2CCC(=O)NC1CCS(=O)(=O)C1. The molecule has 1 N–H and O–H groups in total. The minimum atomic E-state index is -2.97. The van der Waals surface area contributed by atoms with E-state index in [4.69, 9.17) is 4.74 Å². The molecule has 1 saturated heterocycles. The number of fused-ring (bicyclic) bond motifs is 1. The van der Waals surface area contributed by atoms with E-state index in [1.54, 1.807) is 7.11 Å². The number of hydrogen-bond acceptors (Lipinski definition) is 4. The first-order valence-corrected chi connectivity index (χ1v) is 9.42. The summed E-state index contributed by atoms with van der Waals surface area (Å²) in [6.07, 6.45) is 2.76. The Labute approximate surface area is 135 Å². The highest BCUT2D eigenvalue weighted by Gasteiger charge is 2.28. The van der Waals surface area contributed by atoms with E-state index in [1.165, 1.54) is 0 Å². The third-order valence-corrected chi connectivity index (χ3v) is 5.94. The summed E-state index contributed by atoms with van der Waals surface area (Å²) >= 11 is 0. The fourth-order valence-electron chi connectivity index (χ4n) is 3.00. The normalized spacial score (nSPS) is 19.8. The molecule has 1 aliphatic heterocycles. The predicted molar refractivity (Wildman–Crippen MR) is 88.3 cm³/mol. The number of aryl methyl sites for hydroxylation is 1. The van der Waals surface area contributed by atoms with Crippen LogP contribution in [-0.2, 0) is 21.2 Å². The van der Waals surface area contributed by atoms with Gasteiger partial charge in [-0.15, -0.1) is 0 Å². The number of carbonyl (C=O) groups is 1. The van der Waals surface area contributed by atoms with E-state index in [2.05, 4.69) is 5.32 Å². The second-order valence-electron chi connectivity index (χ2n) is 5.82. The molecule has 0 spiro atoms. The van der Waals surface area contributed by atoms with Gasteiger partial charge in [-0.25, -0.2) is 8.42 Å². The Morgan fingerprint density at radius 1 is 1.39 bits per heavy atom. The van der Waals surface area contributed by atoms with E-state index in [1.807, 2.05) is 35.0 Å². The topological polar surface area (TPSA) is 77.4 Å². The highest BCUT2D eigenvalue weighted by atomic mass is 32.2. The molecule has 1 atom stereocenters. The number of nitrogens with zero attached hydrogens (tertiary/aromatic N) is 1. The first kappa shape index (κ1) is 15.9. The number of carbonyl (C=O) groups excluding carboxylic acids is 1. The number of amides is 1. The Bertz CT molecular complexity index is 826. The molecule has 0 bridgehead atoms. The number of ether oxygens (including phenoxy) is 1. The van der Waals surface area contributed by atoms with Gasteiger partial charge in [0.2, 0.25) is 5.91 Å². The van der Waals surface area contributed by atoms with Crippen LogP contribution in [0.4, 0.5) is 0 Å². The summed E-state index contributed by atoms with van der Waals surface area (Å²) in [7, 11) is -1.34. The maximum absolute atomic E-state index is 12.0. The molecule has 2 aromatic rings. The Balaban J connectivity index is 1.61. The van der Waals surface area contributed by atoms with Crippen LogP contribution in [0.25, 0.3) is 10.9 Å². The lowest BCUT2D eigenvalue weighted by molar-refractivity contribution is -0.121. The van der Waals surface area contributed by atoms with Crippen molar-refractivity contribution >= 4 is 26.6 Å². The van der Waals surface area contributed by atoms with Crippen molar-refractivity contribution in [1.29, 1.82) is 0 Å². The van der Waals surface area contributed by atoms with E-state index in [-0.39, 0.29) is 23.5 Å². The second kappa shape index (κ2) is 6.23. The van der Waals surface area contributed by atoms with Crippen LogP contribution in [0.3, 0.4) is 0 Å². The molecule has 1 unspecified atom stereocenters. The second-order valence-corrected chi connectivity index (χ2v) is 8.05. The number of hydrogen-bond donors (Lipinski definition) is 1. The highest BCUT2D eigenvalue weighted by Crippen LogP contribution is 2.26. The number of aromatic nitrogens is 1. The van der Waals surface area contributed by atoms with E-state index in [0.717, 1.165) is 16.7 Å². The Kier molecular flexibility index (Phi) is 4.30. The lowest BCUT2D eigenvalue weighted by Gasteiger charge is -2.11. The van der Waals surface area contributed by atoms with E-state index >= 15 is 0 Å². The summed E-state index contributed by atoms with van der Waals surface area (Å²) < 4.78 is 30.1. The van der Waals surface area contributed by atoms with Crippen LogP contribution in [0.2, 0.25) is 0 Å². The standard InChI is InChI=1S/C16H20N2O4S/c1-22-15-4-2-3-14-13(15)5-8-18(14)9-6-16(19)17-12-7-10-23(20,21)11-12/h2-5,8,12H,6-7,9-11H2,1H3,(H,17,19). The maximum atomic E-state index is 12.0. The van der Waals surface area contributed by atoms with Crippen molar-refractivity contribution in [3.8, 4) is 5.75 Å². The molecule has 6 nitrogen and oxygen atoms in total. The van der Waals surface area contributed by atoms with Crippen molar-refractivity contribution in [3.63, 3.8) is 0 Å². The Hall–Kier alpha value is -2.02. The van der Waals surface area contributed by atoms with Gasteiger partial charge in [0.25, 0.3) is 0 Å². The van der Waals surface area contributed by atoms with Crippen LogP contribution < -0.4 is 10.1 Å². The predicted octanol–water partition coefficient (Wildman–Crippen LogP) is 1.34. The van der Waals surface area contributed by atoms with Gasteiger partial charge >= 0.3 is 0 Å². The van der Waals surface area contributed by atoms with Crippen molar-refractivity contribution in [3.05, 3.63) is 30.5 Å². The molecule has 0 aliphatic carbocycles. The van der Waals surface area contributed by atoms with Crippen LogP contribution in [0.15, 0.2) is 30.5 Å². The van der Waals surface area contributed by atoms with Crippen molar-refractivity contribution in [2.45, 2.75) is 25.4 Å². The van der Waals surface area contributed by atoms with Gasteiger partial charge in [0.15, 0.2) is 9.84 Å². The van der Waals surface area contributed by atoms with E-state index in [9.17, 15) is 13.2 Å². The quantitative estimate of drug-likeness (QED) is 0.894. The molecule has 0 radical (unpaired) electrons. The van der Waals surface area contributed by atoms with Crippen LogP contribution in [0.1, 0.15) is 12.8 Å². The Morgan fingerprint density at radius 3 is 2.91 bits per heavy atom. The smallest absolute Gasteiger partial charge is 0.222 e. The van der Waals surface area contributed by atoms with Crippen LogP contribution in [-0.4, -0.2) is 43.5 Å². The number of rotatable bonds is 5. The summed E-state index contributed by atoms with van der Waals surface area (Å²) in [5, 5.41) is 3.82. The van der Waals surface area contributed by atoms with Gasteiger partial charge in [-0.3, -0.25) is 4.79 Å². The maximum Gasteiger partial charge on any atom is 0.222 e. The summed E-state index contributed by atoms with van der Waals surface area (Å²) in [5.41, 5.74) is 1.01. The minimum Gasteiger partial charge on any atom is -0.496 e. The number of sulfone groups is 1. The van der Waals surface area contributed by atoms with Gasteiger partial charge in [0.1, 0.15) is 5.75 Å². The summed E-state index contributed by atoms with van der Waals surface area (Å²) in [4.78, 5) is 12.0. The molecule has 1 amide bonds. The fraction of sp³-hybridized carbons (Fsp3) is 0.438. The molecule has 124 valence electrons. The number of nitrogens with one attached hydrogen (secondary N) is 1. The molecular weight excluding hydrogens is 316 g/mol. The van der Waals surface area contributed by atoms with Crippen LogP contribution in [0, 0.1) is 0 Å². The molecule has 1 aromatic heterocycles. The van der Waals surface area contributed by atoms with Crippen LogP contribution >= 0.6 is 0 Å². The largest absolute Gasteiger partial charge is 0.496 e. The zero-order valence-electron chi connectivity index (χ0n) is 13.0. The van der Waals surface area contributed by atoms with Gasteiger partial charge in [-0.2, -0.15) is 0 Å². The molecule has 0 saturated carbocycles. The molecule has 3 rings (SSSR count). The number of benzene rings is 1. The van der Waals surface area contributed by atoms with Crippen molar-refractivity contribution in [2.24, 2.45) is 0 Å². The monoisotopic (exact) mass is 336 g/mol. The fourth-order valence-corrected chi connectivity index (χ4v) is 4.67. The lowest BCUT2D eigenvalue weighted by Crippen LogP contribution is -2.35. The first-order valence-electron chi connectivity index (χ1n) is 7.60. The van der Waals surface area contributed by atoms with Crippen molar-refractivity contribution in [2.75, 3.05) is 18.6 Å². The number of methoxy groups -OCH3 is 1. The average Bonchev–Trinajstić information content (AvgIpc) is 3.08. The molecule has 1 aliphatic rings. The lowest BCUT2D eigenvalue weighted by atomic mass is 10.2. The molecule has 1 fully saturated rings.